The molecule has 244 valence electrons. The molecular formula is C35H49F3N2O4. The zero-order valence-electron chi connectivity index (χ0n) is 27.0. The Labute approximate surface area is 259 Å². The molecule has 0 saturated carbocycles. The molecular weight excluding hydrogens is 569 g/mol. The van der Waals surface area contributed by atoms with Crippen LogP contribution in [0.5, 0.6) is 5.75 Å². The number of aryl methyl sites for hydroxylation is 2. The van der Waals surface area contributed by atoms with Crippen molar-refractivity contribution < 1.29 is 31.9 Å². The van der Waals surface area contributed by atoms with Gasteiger partial charge in [-0.3, -0.25) is 4.79 Å². The van der Waals surface area contributed by atoms with Crippen molar-refractivity contribution in [2.24, 2.45) is 22.8 Å². The Bertz CT molecular complexity index is 1370. The van der Waals surface area contributed by atoms with Gasteiger partial charge in [-0.05, 0) is 82.7 Å². The maximum atomic E-state index is 13.4. The number of hydrogen-bond acceptors (Lipinski definition) is 6. The molecule has 0 aliphatic heterocycles. The van der Waals surface area contributed by atoms with Gasteiger partial charge in [0.25, 0.3) is 0 Å². The summed E-state index contributed by atoms with van der Waals surface area (Å²) in [5.41, 5.74) is 14.6. The minimum Gasteiger partial charge on any atom is -0.493 e. The van der Waals surface area contributed by atoms with Crippen molar-refractivity contribution in [1.29, 1.82) is 0 Å². The van der Waals surface area contributed by atoms with Crippen molar-refractivity contribution in [2.75, 3.05) is 13.2 Å². The lowest BCUT2D eigenvalue weighted by atomic mass is 9.79. The molecule has 1 heterocycles. The minimum atomic E-state index is -4.46. The maximum Gasteiger partial charge on any atom is 0.389 e. The standard InChI is InChI=1S/C35H49F3N2O4/c1-7-9-10-11-23-12-15-28(25(8-2)16-23)30-17-26-13-14-27(18-29(26)44-30)42-21-24(19-35(36,37)38)22-43-32(41)34(5,6)31(39)20-33(3,4)40/h12-18,24,31H,7-11,19-22,39-40H2,1-6H3. The van der Waals surface area contributed by atoms with E-state index < -0.39 is 48.1 Å². The number of hydrogen-bond donors (Lipinski definition) is 2. The van der Waals surface area contributed by atoms with Crippen LogP contribution in [0.25, 0.3) is 22.3 Å². The highest BCUT2D eigenvalue weighted by Gasteiger charge is 2.39. The van der Waals surface area contributed by atoms with Crippen molar-refractivity contribution in [3.63, 3.8) is 0 Å². The fourth-order valence-electron chi connectivity index (χ4n) is 5.21. The summed E-state index contributed by atoms with van der Waals surface area (Å²) in [4.78, 5) is 12.8. The molecule has 6 nitrogen and oxygen atoms in total. The molecule has 0 spiro atoms. The summed E-state index contributed by atoms with van der Waals surface area (Å²) in [7, 11) is 0. The molecule has 0 saturated heterocycles. The molecule has 0 radical (unpaired) electrons. The smallest absolute Gasteiger partial charge is 0.389 e. The van der Waals surface area contributed by atoms with Crippen molar-refractivity contribution >= 4 is 16.9 Å². The summed E-state index contributed by atoms with van der Waals surface area (Å²) in [5, 5.41) is 0.862. The first-order chi connectivity index (χ1) is 20.5. The summed E-state index contributed by atoms with van der Waals surface area (Å²) in [6.07, 6.45) is 0.184. The highest BCUT2D eigenvalue weighted by molar-refractivity contribution is 5.84. The van der Waals surface area contributed by atoms with E-state index in [4.69, 9.17) is 25.4 Å². The maximum absolute atomic E-state index is 13.4. The van der Waals surface area contributed by atoms with Crippen LogP contribution >= 0.6 is 0 Å². The molecule has 3 rings (SSSR count). The van der Waals surface area contributed by atoms with E-state index in [0.29, 0.717) is 17.8 Å². The fourth-order valence-corrected chi connectivity index (χ4v) is 5.21. The SMILES string of the molecule is CCCCCc1ccc(-c2cc3ccc(OCC(COC(=O)C(C)(C)C(N)CC(C)(C)N)CC(F)(F)F)cc3o2)c(CC)c1. The van der Waals surface area contributed by atoms with E-state index in [0.717, 1.165) is 36.0 Å². The summed E-state index contributed by atoms with van der Waals surface area (Å²) >= 11 is 0. The largest absolute Gasteiger partial charge is 0.493 e. The average molecular weight is 619 g/mol. The number of fused-ring (bicyclic) bond motifs is 1. The molecule has 2 atom stereocenters. The van der Waals surface area contributed by atoms with Gasteiger partial charge in [0.05, 0.1) is 25.0 Å². The van der Waals surface area contributed by atoms with Gasteiger partial charge in [0.2, 0.25) is 0 Å². The second-order valence-electron chi connectivity index (χ2n) is 13.2. The Morgan fingerprint density at radius 2 is 1.68 bits per heavy atom. The van der Waals surface area contributed by atoms with Crippen molar-refractivity contribution in [1.82, 2.24) is 0 Å². The first kappa shape index (κ1) is 35.4. The zero-order valence-corrected chi connectivity index (χ0v) is 27.0. The van der Waals surface area contributed by atoms with Gasteiger partial charge in [-0.15, -0.1) is 0 Å². The van der Waals surface area contributed by atoms with Crippen LogP contribution in [0.3, 0.4) is 0 Å². The van der Waals surface area contributed by atoms with Gasteiger partial charge in [-0.1, -0.05) is 44.9 Å². The third-order valence-electron chi connectivity index (χ3n) is 8.03. The minimum absolute atomic E-state index is 0.298. The molecule has 0 aliphatic carbocycles. The van der Waals surface area contributed by atoms with Gasteiger partial charge in [0, 0.05) is 34.5 Å². The molecule has 2 unspecified atom stereocenters. The quantitative estimate of drug-likeness (QED) is 0.124. The molecule has 0 amide bonds. The number of furan rings is 1. The van der Waals surface area contributed by atoms with Gasteiger partial charge in [0.1, 0.15) is 17.1 Å². The van der Waals surface area contributed by atoms with E-state index in [1.807, 2.05) is 12.1 Å². The van der Waals surface area contributed by atoms with Crippen molar-refractivity contribution in [2.45, 2.75) is 104 Å². The molecule has 9 heteroatoms. The Hall–Kier alpha value is -3.04. The lowest BCUT2D eigenvalue weighted by molar-refractivity contribution is -0.166. The Morgan fingerprint density at radius 3 is 2.32 bits per heavy atom. The number of halogens is 3. The summed E-state index contributed by atoms with van der Waals surface area (Å²) in [6.45, 7) is 10.4. The number of rotatable bonds is 16. The summed E-state index contributed by atoms with van der Waals surface area (Å²) < 4.78 is 57.5. The summed E-state index contributed by atoms with van der Waals surface area (Å²) in [6, 6.07) is 13.0. The van der Waals surface area contributed by atoms with E-state index in [2.05, 4.69) is 32.0 Å². The Kier molecular flexibility index (Phi) is 11.9. The van der Waals surface area contributed by atoms with Crippen LogP contribution in [0.4, 0.5) is 13.2 Å². The first-order valence-corrected chi connectivity index (χ1v) is 15.6. The predicted molar refractivity (Wildman–Crippen MR) is 170 cm³/mol. The second kappa shape index (κ2) is 14.8. The average Bonchev–Trinajstić information content (AvgIpc) is 3.36. The van der Waals surface area contributed by atoms with Gasteiger partial charge in [-0.25, -0.2) is 0 Å². The van der Waals surface area contributed by atoms with Crippen LogP contribution in [-0.2, 0) is 22.4 Å². The van der Waals surface area contributed by atoms with Gasteiger partial charge in [-0.2, -0.15) is 13.2 Å². The van der Waals surface area contributed by atoms with Crippen LogP contribution in [0, 0.1) is 11.3 Å². The molecule has 4 N–H and O–H groups in total. The number of benzene rings is 2. The van der Waals surface area contributed by atoms with Crippen LogP contribution in [0.1, 0.15) is 84.8 Å². The lowest BCUT2D eigenvalue weighted by Crippen LogP contribution is -2.50. The van der Waals surface area contributed by atoms with E-state index >= 15 is 0 Å². The molecule has 0 aliphatic rings. The highest BCUT2D eigenvalue weighted by atomic mass is 19.4. The Balaban J connectivity index is 1.70. The highest BCUT2D eigenvalue weighted by Crippen LogP contribution is 2.34. The molecule has 44 heavy (non-hydrogen) atoms. The number of nitrogens with two attached hydrogens (primary N) is 2. The normalized spacial score (nSPS) is 14.1. The third-order valence-corrected chi connectivity index (χ3v) is 8.03. The fraction of sp³-hybridized carbons (Fsp3) is 0.571. The first-order valence-electron chi connectivity index (χ1n) is 15.6. The number of alkyl halides is 3. The molecule has 0 fully saturated rings. The Morgan fingerprint density at radius 1 is 0.955 bits per heavy atom. The monoisotopic (exact) mass is 618 g/mol. The zero-order chi connectivity index (χ0) is 32.7. The number of ether oxygens (including phenoxy) is 2. The predicted octanol–water partition coefficient (Wildman–Crippen LogP) is 8.37. The van der Waals surface area contributed by atoms with Crippen LogP contribution < -0.4 is 16.2 Å². The molecule has 0 bridgehead atoms. The van der Waals surface area contributed by atoms with Gasteiger partial charge >= 0.3 is 12.1 Å². The van der Waals surface area contributed by atoms with Crippen molar-refractivity contribution in [3.05, 3.63) is 53.6 Å². The van der Waals surface area contributed by atoms with Gasteiger partial charge < -0.3 is 25.4 Å². The molecule has 3 aromatic rings. The molecule has 2 aromatic carbocycles. The van der Waals surface area contributed by atoms with E-state index in [1.165, 1.54) is 24.0 Å². The number of esters is 1. The second-order valence-corrected chi connectivity index (χ2v) is 13.2. The van der Waals surface area contributed by atoms with E-state index in [9.17, 15) is 18.0 Å². The topological polar surface area (TPSA) is 101 Å². The number of carbonyl (C=O) groups is 1. The molecule has 1 aromatic heterocycles. The van der Waals surface area contributed by atoms with E-state index in [1.54, 1.807) is 39.8 Å². The van der Waals surface area contributed by atoms with Gasteiger partial charge in [0.15, 0.2) is 0 Å². The number of carbonyl (C=O) groups excluding carboxylic acids is 1. The van der Waals surface area contributed by atoms with E-state index in [-0.39, 0.29) is 6.61 Å². The van der Waals surface area contributed by atoms with Crippen molar-refractivity contribution in [3.8, 4) is 17.1 Å². The third kappa shape index (κ3) is 10.3. The van der Waals surface area contributed by atoms with Crippen LogP contribution in [-0.4, -0.2) is 36.9 Å². The number of unbranched alkanes of at least 4 members (excludes halogenated alkanes) is 2. The van der Waals surface area contributed by atoms with Crippen LogP contribution in [0.2, 0.25) is 0 Å². The van der Waals surface area contributed by atoms with Crippen LogP contribution in [0.15, 0.2) is 46.9 Å². The lowest BCUT2D eigenvalue weighted by Gasteiger charge is -2.34. The summed E-state index contributed by atoms with van der Waals surface area (Å²) in [5.74, 6) is -0.685.